The smallest absolute Gasteiger partial charge is 0.290 e. The lowest BCUT2D eigenvalue weighted by atomic mass is 9.75. The number of benzene rings is 5. The van der Waals surface area contributed by atoms with Gasteiger partial charge < -0.3 is 14.1 Å². The zero-order valence-electron chi connectivity index (χ0n) is 29.0. The van der Waals surface area contributed by atoms with Gasteiger partial charge in [0, 0.05) is 12.6 Å². The molecule has 1 fully saturated rings. The molecular formula is C43H38N4O4S. The van der Waals surface area contributed by atoms with Gasteiger partial charge in [0.25, 0.3) is 5.24 Å². The molecule has 8 nitrogen and oxygen atoms in total. The number of imidazole rings is 1. The van der Waals surface area contributed by atoms with Crippen LogP contribution in [0.4, 0.5) is 4.79 Å². The van der Waals surface area contributed by atoms with Gasteiger partial charge in [-0.15, -0.1) is 0 Å². The Labute approximate surface area is 307 Å². The first kappa shape index (κ1) is 34.5. The summed E-state index contributed by atoms with van der Waals surface area (Å²) in [5.74, 6) is 1.32. The van der Waals surface area contributed by atoms with Crippen LogP contribution < -0.4 is 4.74 Å². The molecule has 2 heterocycles. The fraction of sp³-hybridized carbons (Fsp3) is 0.163. The predicted molar refractivity (Wildman–Crippen MR) is 205 cm³/mol. The SMILES string of the molecule is Cc1nc(-c2ccccc2)n(C)c1C=NOCCOc1ccc(CC2SC(=O)N(C(c3ccccc3)(c3ccccc3)c3ccccc3)C2=O)cc1. The van der Waals surface area contributed by atoms with Gasteiger partial charge in [0.2, 0.25) is 5.91 Å². The van der Waals surface area contributed by atoms with E-state index in [2.05, 4.69) is 10.1 Å². The van der Waals surface area contributed by atoms with Gasteiger partial charge in [-0.3, -0.25) is 14.5 Å². The second kappa shape index (κ2) is 15.5. The summed E-state index contributed by atoms with van der Waals surface area (Å²) in [5, 5.41) is 3.29. The minimum Gasteiger partial charge on any atom is -0.490 e. The summed E-state index contributed by atoms with van der Waals surface area (Å²) in [5.41, 5.74) is 5.09. The standard InChI is InChI=1S/C43H38N4O4S/c1-31-38(46(2)40(45-31)33-15-7-3-8-16-33)30-44-51-28-27-50-37-25-23-32(24-26-37)29-39-41(48)47(42(49)52-39)43(34-17-9-4-10-18-34,35-19-11-5-12-20-35)36-21-13-6-14-22-36/h3-26,30,39H,27-29H2,1-2H3. The molecule has 6 aromatic rings. The van der Waals surface area contributed by atoms with Gasteiger partial charge in [0.15, 0.2) is 6.61 Å². The molecule has 1 aliphatic rings. The molecule has 9 heteroatoms. The van der Waals surface area contributed by atoms with Crippen molar-refractivity contribution in [1.82, 2.24) is 14.5 Å². The van der Waals surface area contributed by atoms with Crippen molar-refractivity contribution in [2.24, 2.45) is 12.2 Å². The van der Waals surface area contributed by atoms with E-state index in [9.17, 15) is 9.59 Å². The number of amides is 2. The topological polar surface area (TPSA) is 86.0 Å². The molecule has 0 radical (unpaired) electrons. The maximum atomic E-state index is 14.4. The summed E-state index contributed by atoms with van der Waals surface area (Å²) in [7, 11) is 1.96. The summed E-state index contributed by atoms with van der Waals surface area (Å²) in [6.45, 7) is 2.51. The van der Waals surface area contributed by atoms with E-state index in [1.807, 2.05) is 164 Å². The molecular weight excluding hydrogens is 669 g/mol. The Kier molecular flexibility index (Phi) is 10.3. The van der Waals surface area contributed by atoms with Gasteiger partial charge in [-0.05, 0) is 47.7 Å². The fourth-order valence-corrected chi connectivity index (χ4v) is 7.82. The Balaban J connectivity index is 1.00. The molecule has 1 atom stereocenters. The van der Waals surface area contributed by atoms with E-state index in [1.54, 1.807) is 6.21 Å². The molecule has 1 aliphatic heterocycles. The van der Waals surface area contributed by atoms with Crippen LogP contribution in [0.25, 0.3) is 11.4 Å². The number of nitrogens with zero attached hydrogens (tertiary/aromatic N) is 4. The molecule has 0 aliphatic carbocycles. The van der Waals surface area contributed by atoms with Crippen molar-refractivity contribution in [1.29, 1.82) is 0 Å². The van der Waals surface area contributed by atoms with E-state index in [0.717, 1.165) is 56.8 Å². The number of ether oxygens (including phenoxy) is 1. The molecule has 260 valence electrons. The lowest BCUT2D eigenvalue weighted by Gasteiger charge is -2.42. The highest BCUT2D eigenvalue weighted by Gasteiger charge is 2.53. The number of hydrogen-bond donors (Lipinski definition) is 0. The second-order valence-corrected chi connectivity index (χ2v) is 13.6. The Morgan fingerprint density at radius 2 is 1.29 bits per heavy atom. The van der Waals surface area contributed by atoms with Crippen molar-refractivity contribution in [3.05, 3.63) is 179 Å². The summed E-state index contributed by atoms with van der Waals surface area (Å²) < 4.78 is 7.88. The van der Waals surface area contributed by atoms with E-state index in [-0.39, 0.29) is 17.8 Å². The van der Waals surface area contributed by atoms with E-state index < -0.39 is 10.8 Å². The minimum atomic E-state index is -1.13. The molecule has 52 heavy (non-hydrogen) atoms. The van der Waals surface area contributed by atoms with Crippen molar-refractivity contribution in [2.45, 2.75) is 24.1 Å². The van der Waals surface area contributed by atoms with Crippen LogP contribution >= 0.6 is 11.8 Å². The van der Waals surface area contributed by atoms with Crippen LogP contribution in [0, 0.1) is 6.92 Å². The largest absolute Gasteiger partial charge is 0.490 e. The maximum Gasteiger partial charge on any atom is 0.290 e. The zero-order valence-corrected chi connectivity index (χ0v) is 29.8. The van der Waals surface area contributed by atoms with Crippen molar-refractivity contribution < 1.29 is 19.2 Å². The van der Waals surface area contributed by atoms with Crippen molar-refractivity contribution in [3.8, 4) is 17.1 Å². The highest BCUT2D eigenvalue weighted by atomic mass is 32.2. The number of hydrogen-bond acceptors (Lipinski definition) is 7. The number of rotatable bonds is 13. The van der Waals surface area contributed by atoms with Gasteiger partial charge in [0.1, 0.15) is 23.7 Å². The predicted octanol–water partition coefficient (Wildman–Crippen LogP) is 8.42. The van der Waals surface area contributed by atoms with Gasteiger partial charge in [-0.25, -0.2) is 4.98 Å². The Hall–Kier alpha value is -5.93. The van der Waals surface area contributed by atoms with Crippen molar-refractivity contribution in [2.75, 3.05) is 13.2 Å². The first-order chi connectivity index (χ1) is 25.5. The van der Waals surface area contributed by atoms with Crippen LogP contribution in [-0.4, -0.2) is 50.3 Å². The number of aryl methyl sites for hydroxylation is 1. The van der Waals surface area contributed by atoms with E-state index in [4.69, 9.17) is 9.57 Å². The number of aromatic nitrogens is 2. The minimum absolute atomic E-state index is 0.220. The van der Waals surface area contributed by atoms with Crippen LogP contribution in [0.15, 0.2) is 151 Å². The number of thioether (sulfide) groups is 1. The Morgan fingerprint density at radius 1 is 0.750 bits per heavy atom. The molecule has 1 saturated heterocycles. The molecule has 7 rings (SSSR count). The number of carbonyl (C=O) groups is 2. The molecule has 5 aromatic carbocycles. The normalized spacial score (nSPS) is 14.7. The summed E-state index contributed by atoms with van der Waals surface area (Å²) in [6.07, 6.45) is 2.07. The van der Waals surface area contributed by atoms with Gasteiger partial charge >= 0.3 is 0 Å². The van der Waals surface area contributed by atoms with Crippen LogP contribution in [0.3, 0.4) is 0 Å². The third-order valence-corrected chi connectivity index (χ3v) is 10.3. The summed E-state index contributed by atoms with van der Waals surface area (Å²) in [6, 6.07) is 47.0. The molecule has 1 unspecified atom stereocenters. The molecule has 0 N–H and O–H groups in total. The maximum absolute atomic E-state index is 14.4. The molecule has 0 bridgehead atoms. The number of imide groups is 1. The highest BCUT2D eigenvalue weighted by Crippen LogP contribution is 2.47. The monoisotopic (exact) mass is 706 g/mol. The average molecular weight is 707 g/mol. The van der Waals surface area contributed by atoms with E-state index in [0.29, 0.717) is 18.8 Å². The summed E-state index contributed by atoms with van der Waals surface area (Å²) >= 11 is 1.08. The van der Waals surface area contributed by atoms with Crippen molar-refractivity contribution in [3.63, 3.8) is 0 Å². The first-order valence-corrected chi connectivity index (χ1v) is 18.0. The zero-order chi connectivity index (χ0) is 35.9. The molecule has 2 amide bonds. The molecule has 0 spiro atoms. The first-order valence-electron chi connectivity index (χ1n) is 17.1. The Morgan fingerprint density at radius 3 is 1.85 bits per heavy atom. The summed E-state index contributed by atoms with van der Waals surface area (Å²) in [4.78, 5) is 40.0. The van der Waals surface area contributed by atoms with Crippen LogP contribution in [0.1, 0.15) is 33.6 Å². The second-order valence-electron chi connectivity index (χ2n) is 12.4. The van der Waals surface area contributed by atoms with Gasteiger partial charge in [-0.2, -0.15) is 0 Å². The van der Waals surface area contributed by atoms with Crippen LogP contribution in [-0.2, 0) is 28.6 Å². The van der Waals surface area contributed by atoms with E-state index in [1.165, 1.54) is 4.90 Å². The quantitative estimate of drug-likeness (QED) is 0.0519. The van der Waals surface area contributed by atoms with Gasteiger partial charge in [-0.1, -0.05) is 150 Å². The number of carbonyl (C=O) groups excluding carboxylic acids is 2. The molecule has 0 saturated carbocycles. The lowest BCUT2D eigenvalue weighted by molar-refractivity contribution is -0.129. The van der Waals surface area contributed by atoms with E-state index >= 15 is 0 Å². The fourth-order valence-electron chi connectivity index (χ4n) is 6.76. The average Bonchev–Trinajstić information content (AvgIpc) is 3.64. The lowest BCUT2D eigenvalue weighted by Crippen LogP contribution is -2.51. The molecule has 1 aromatic heterocycles. The van der Waals surface area contributed by atoms with Crippen LogP contribution in [0.5, 0.6) is 5.75 Å². The van der Waals surface area contributed by atoms with Gasteiger partial charge in [0.05, 0.1) is 22.9 Å². The van der Waals surface area contributed by atoms with Crippen LogP contribution in [0.2, 0.25) is 0 Å². The Bertz CT molecular complexity index is 2060. The third-order valence-electron chi connectivity index (χ3n) is 9.22. The third kappa shape index (κ3) is 6.87. The highest BCUT2D eigenvalue weighted by molar-refractivity contribution is 8.15. The van der Waals surface area contributed by atoms with Crippen molar-refractivity contribution >= 4 is 29.1 Å². The number of oxime groups is 1.